The zero-order valence-electron chi connectivity index (χ0n) is 11.8. The summed E-state index contributed by atoms with van der Waals surface area (Å²) in [4.78, 5) is 13.9. The first-order chi connectivity index (χ1) is 9.72. The van der Waals surface area contributed by atoms with Crippen LogP contribution < -0.4 is 5.32 Å². The Morgan fingerprint density at radius 3 is 2.52 bits per heavy atom. The molecule has 0 bridgehead atoms. The number of nitrogens with one attached hydrogen (secondary N) is 1. The standard InChI is InChI=1S/C13H16ClN3O2S2/c1-13(2)10(16(3)12(20)21-13)17(19)11(18)15-9-6-4-8(14)5-7-9/h4-7,10,19H,1-3H3,(H,15,18). The third-order valence-corrected chi connectivity index (χ3v) is 5.15. The molecule has 2 rings (SSSR count). The van der Waals surface area contributed by atoms with E-state index in [0.717, 1.165) is 0 Å². The summed E-state index contributed by atoms with van der Waals surface area (Å²) in [7, 11) is 1.76. The van der Waals surface area contributed by atoms with E-state index in [1.165, 1.54) is 11.8 Å². The Labute approximate surface area is 138 Å². The third kappa shape index (κ3) is 3.42. The molecule has 21 heavy (non-hydrogen) atoms. The van der Waals surface area contributed by atoms with Crippen LogP contribution in [0.1, 0.15) is 13.8 Å². The maximum atomic E-state index is 12.2. The number of hydrogen-bond acceptors (Lipinski definition) is 4. The minimum atomic E-state index is -0.618. The smallest absolute Gasteiger partial charge is 0.337 e. The van der Waals surface area contributed by atoms with Crippen molar-refractivity contribution in [1.82, 2.24) is 9.96 Å². The Kier molecular flexibility index (Phi) is 4.67. The number of nitrogens with zero attached hydrogens (tertiary/aromatic N) is 2. The molecule has 2 amide bonds. The molecule has 0 radical (unpaired) electrons. The molecule has 0 spiro atoms. The summed E-state index contributed by atoms with van der Waals surface area (Å²) in [6, 6.07) is 6.03. The van der Waals surface area contributed by atoms with Crippen LogP contribution in [0.25, 0.3) is 0 Å². The summed E-state index contributed by atoms with van der Waals surface area (Å²) >= 11 is 12.5. The van der Waals surface area contributed by atoms with Crippen LogP contribution in [0.3, 0.4) is 0 Å². The highest BCUT2D eigenvalue weighted by molar-refractivity contribution is 8.24. The number of amides is 2. The maximum absolute atomic E-state index is 12.2. The van der Waals surface area contributed by atoms with Crippen molar-refractivity contribution in [3.63, 3.8) is 0 Å². The van der Waals surface area contributed by atoms with Crippen LogP contribution >= 0.6 is 35.6 Å². The highest BCUT2D eigenvalue weighted by atomic mass is 35.5. The fourth-order valence-electron chi connectivity index (χ4n) is 2.20. The van der Waals surface area contributed by atoms with Crippen molar-refractivity contribution in [3.05, 3.63) is 29.3 Å². The molecule has 1 aliphatic rings. The number of carbonyl (C=O) groups is 1. The quantitative estimate of drug-likeness (QED) is 0.487. The first-order valence-electron chi connectivity index (χ1n) is 6.23. The van der Waals surface area contributed by atoms with Crippen LogP contribution in [-0.4, -0.2) is 43.5 Å². The molecule has 8 heteroatoms. The molecule has 114 valence electrons. The van der Waals surface area contributed by atoms with Crippen molar-refractivity contribution in [2.45, 2.75) is 24.8 Å². The van der Waals surface area contributed by atoms with Crippen molar-refractivity contribution in [3.8, 4) is 0 Å². The Morgan fingerprint density at radius 2 is 2.05 bits per heavy atom. The van der Waals surface area contributed by atoms with E-state index in [4.69, 9.17) is 23.8 Å². The molecule has 1 aromatic rings. The molecule has 1 heterocycles. The molecule has 0 saturated carbocycles. The lowest BCUT2D eigenvalue weighted by molar-refractivity contribution is -0.110. The minimum Gasteiger partial charge on any atom is -0.337 e. The molecule has 1 aromatic carbocycles. The van der Waals surface area contributed by atoms with E-state index in [2.05, 4.69) is 5.32 Å². The average Bonchev–Trinajstić information content (AvgIpc) is 2.60. The van der Waals surface area contributed by atoms with Crippen molar-refractivity contribution in [2.24, 2.45) is 0 Å². The minimum absolute atomic E-state index is 0.405. The van der Waals surface area contributed by atoms with Crippen LogP contribution in [0.2, 0.25) is 5.02 Å². The number of halogens is 1. The molecule has 1 unspecified atom stereocenters. The molecular formula is C13H16ClN3O2S2. The number of anilines is 1. The number of rotatable bonds is 2. The Bertz CT molecular complexity index is 565. The fraction of sp³-hybridized carbons (Fsp3) is 0.385. The SMILES string of the molecule is CN1C(=S)SC(C)(C)C1N(O)C(=O)Nc1ccc(Cl)cc1. The normalized spacial score (nSPS) is 20.5. The largest absolute Gasteiger partial charge is 0.347 e. The summed E-state index contributed by atoms with van der Waals surface area (Å²) in [6.07, 6.45) is -0.540. The topological polar surface area (TPSA) is 55.8 Å². The van der Waals surface area contributed by atoms with Gasteiger partial charge >= 0.3 is 6.03 Å². The lowest BCUT2D eigenvalue weighted by atomic mass is 10.1. The number of carbonyl (C=O) groups excluding carboxylic acids is 1. The molecular weight excluding hydrogens is 330 g/mol. The van der Waals surface area contributed by atoms with Crippen LogP contribution in [0.5, 0.6) is 0 Å². The Morgan fingerprint density at radius 1 is 1.48 bits per heavy atom. The molecule has 0 aliphatic carbocycles. The van der Waals surface area contributed by atoms with Gasteiger partial charge in [-0.15, -0.1) is 0 Å². The summed E-state index contributed by atoms with van der Waals surface area (Å²) < 4.78 is 0.237. The third-order valence-electron chi connectivity index (χ3n) is 3.16. The second-order valence-corrected chi connectivity index (χ2v) is 7.96. The van der Waals surface area contributed by atoms with Crippen molar-refractivity contribution < 1.29 is 10.0 Å². The zero-order chi connectivity index (χ0) is 15.8. The van der Waals surface area contributed by atoms with Gasteiger partial charge < -0.3 is 10.2 Å². The van der Waals surface area contributed by atoms with Gasteiger partial charge in [0.2, 0.25) is 0 Å². The fourth-order valence-corrected chi connectivity index (χ4v) is 4.13. The summed E-state index contributed by atoms with van der Waals surface area (Å²) in [5.74, 6) is 0. The highest BCUT2D eigenvalue weighted by Crippen LogP contribution is 2.41. The monoisotopic (exact) mass is 345 g/mol. The average molecular weight is 346 g/mol. The molecule has 1 saturated heterocycles. The Hall–Kier alpha value is -1.02. The van der Waals surface area contributed by atoms with E-state index in [1.54, 1.807) is 36.2 Å². The van der Waals surface area contributed by atoms with Gasteiger partial charge in [0.15, 0.2) is 0 Å². The van der Waals surface area contributed by atoms with Gasteiger partial charge in [0, 0.05) is 17.8 Å². The maximum Gasteiger partial charge on any atom is 0.347 e. The molecule has 1 fully saturated rings. The predicted octanol–water partition coefficient (Wildman–Crippen LogP) is 3.63. The van der Waals surface area contributed by atoms with E-state index < -0.39 is 16.9 Å². The number of hydrogen-bond donors (Lipinski definition) is 2. The van der Waals surface area contributed by atoms with E-state index in [9.17, 15) is 10.0 Å². The second-order valence-electron chi connectivity index (χ2n) is 5.24. The van der Waals surface area contributed by atoms with Gasteiger partial charge in [-0.3, -0.25) is 5.21 Å². The van der Waals surface area contributed by atoms with Gasteiger partial charge in [-0.25, -0.2) is 4.79 Å². The van der Waals surface area contributed by atoms with Crippen LogP contribution in [0.4, 0.5) is 10.5 Å². The van der Waals surface area contributed by atoms with E-state index >= 15 is 0 Å². The van der Waals surface area contributed by atoms with Crippen LogP contribution in [0, 0.1) is 0 Å². The van der Waals surface area contributed by atoms with Gasteiger partial charge in [0.1, 0.15) is 10.5 Å². The van der Waals surface area contributed by atoms with Crippen molar-refractivity contribution in [2.75, 3.05) is 12.4 Å². The van der Waals surface area contributed by atoms with Gasteiger partial charge in [-0.05, 0) is 38.1 Å². The van der Waals surface area contributed by atoms with Gasteiger partial charge in [0.25, 0.3) is 0 Å². The van der Waals surface area contributed by atoms with Crippen molar-refractivity contribution >= 4 is 51.6 Å². The van der Waals surface area contributed by atoms with Gasteiger partial charge in [0.05, 0.1) is 4.75 Å². The molecule has 0 aromatic heterocycles. The van der Waals surface area contributed by atoms with Crippen LogP contribution in [-0.2, 0) is 0 Å². The van der Waals surface area contributed by atoms with Gasteiger partial charge in [-0.2, -0.15) is 5.06 Å². The number of thiocarbonyl (C=S) groups is 1. The Balaban J connectivity index is 2.12. The summed E-state index contributed by atoms with van der Waals surface area (Å²) in [5, 5.41) is 14.1. The molecule has 1 atom stereocenters. The molecule has 5 nitrogen and oxygen atoms in total. The van der Waals surface area contributed by atoms with Crippen LogP contribution in [0.15, 0.2) is 24.3 Å². The van der Waals surface area contributed by atoms with Gasteiger partial charge in [-0.1, -0.05) is 35.6 Å². The number of benzene rings is 1. The van der Waals surface area contributed by atoms with E-state index in [1.807, 2.05) is 13.8 Å². The number of hydroxylamine groups is 2. The summed E-state index contributed by atoms with van der Waals surface area (Å²) in [6.45, 7) is 3.86. The lowest BCUT2D eigenvalue weighted by Crippen LogP contribution is -2.54. The second kappa shape index (κ2) is 6.00. The summed E-state index contributed by atoms with van der Waals surface area (Å²) in [5.41, 5.74) is 0.553. The lowest BCUT2D eigenvalue weighted by Gasteiger charge is -2.34. The molecule has 1 aliphatic heterocycles. The number of urea groups is 1. The highest BCUT2D eigenvalue weighted by Gasteiger charge is 2.47. The molecule has 2 N–H and O–H groups in total. The number of thioether (sulfide) groups is 1. The van der Waals surface area contributed by atoms with Crippen molar-refractivity contribution in [1.29, 1.82) is 0 Å². The van der Waals surface area contributed by atoms with E-state index in [-0.39, 0.29) is 0 Å². The zero-order valence-corrected chi connectivity index (χ0v) is 14.2. The first kappa shape index (κ1) is 16.4. The predicted molar refractivity (Wildman–Crippen MR) is 89.9 cm³/mol. The van der Waals surface area contributed by atoms with E-state index in [0.29, 0.717) is 20.1 Å². The first-order valence-corrected chi connectivity index (χ1v) is 7.83.